The minimum Gasteiger partial charge on any atom is -0.506 e. The number of carbonyl (C=O) groups is 2. The van der Waals surface area contributed by atoms with E-state index in [1.54, 1.807) is 30.3 Å². The Morgan fingerprint density at radius 3 is 2.48 bits per heavy atom. The standard InChI is InChI=1S/C19H16N2O4/c1-12-4-2-5-13(10-12)18(23)21-15-8-7-14(11-16(15)22)20-19(24)17-6-3-9-25-17/h2-11,22H,1H3,(H,20,24)(H,21,23). The van der Waals surface area contributed by atoms with Gasteiger partial charge < -0.3 is 20.2 Å². The van der Waals surface area contributed by atoms with E-state index < -0.39 is 5.91 Å². The first kappa shape index (κ1) is 16.3. The summed E-state index contributed by atoms with van der Waals surface area (Å²) in [5.41, 5.74) is 2.09. The number of hydrogen-bond acceptors (Lipinski definition) is 4. The zero-order chi connectivity index (χ0) is 17.8. The van der Waals surface area contributed by atoms with Gasteiger partial charge in [-0.1, -0.05) is 17.7 Å². The molecule has 2 amide bonds. The summed E-state index contributed by atoms with van der Waals surface area (Å²) in [7, 11) is 0. The van der Waals surface area contributed by atoms with Gasteiger partial charge in [0.1, 0.15) is 5.75 Å². The maximum absolute atomic E-state index is 12.2. The molecule has 3 rings (SSSR count). The van der Waals surface area contributed by atoms with E-state index in [2.05, 4.69) is 10.6 Å². The number of phenols is 1. The lowest BCUT2D eigenvalue weighted by Crippen LogP contribution is -2.13. The summed E-state index contributed by atoms with van der Waals surface area (Å²) >= 11 is 0. The van der Waals surface area contributed by atoms with Gasteiger partial charge in [0.15, 0.2) is 5.76 Å². The molecule has 0 atom stereocenters. The molecule has 0 spiro atoms. The smallest absolute Gasteiger partial charge is 0.291 e. The lowest BCUT2D eigenvalue weighted by Gasteiger charge is -2.10. The summed E-state index contributed by atoms with van der Waals surface area (Å²) in [6.07, 6.45) is 1.40. The topological polar surface area (TPSA) is 91.6 Å². The van der Waals surface area contributed by atoms with Gasteiger partial charge in [-0.15, -0.1) is 0 Å². The number of carbonyl (C=O) groups excluding carboxylic acids is 2. The van der Waals surface area contributed by atoms with E-state index in [4.69, 9.17) is 4.42 Å². The number of benzene rings is 2. The molecule has 3 N–H and O–H groups in total. The fourth-order valence-electron chi connectivity index (χ4n) is 2.30. The van der Waals surface area contributed by atoms with Crippen molar-refractivity contribution in [3.05, 3.63) is 77.7 Å². The molecule has 25 heavy (non-hydrogen) atoms. The second-order valence-electron chi connectivity index (χ2n) is 5.49. The third-order valence-corrected chi connectivity index (χ3v) is 3.53. The van der Waals surface area contributed by atoms with Gasteiger partial charge in [0.2, 0.25) is 0 Å². The Balaban J connectivity index is 1.71. The van der Waals surface area contributed by atoms with Crippen LogP contribution in [0.25, 0.3) is 0 Å². The van der Waals surface area contributed by atoms with Crippen molar-refractivity contribution < 1.29 is 19.1 Å². The van der Waals surface area contributed by atoms with Crippen LogP contribution in [0.15, 0.2) is 65.3 Å². The fourth-order valence-corrected chi connectivity index (χ4v) is 2.30. The average Bonchev–Trinajstić information content (AvgIpc) is 3.12. The van der Waals surface area contributed by atoms with Crippen LogP contribution < -0.4 is 10.6 Å². The Labute approximate surface area is 144 Å². The number of furan rings is 1. The SMILES string of the molecule is Cc1cccc(C(=O)Nc2ccc(NC(=O)c3ccco3)cc2O)c1. The number of hydrogen-bond donors (Lipinski definition) is 3. The second-order valence-corrected chi connectivity index (χ2v) is 5.49. The van der Waals surface area contributed by atoms with Crippen molar-refractivity contribution >= 4 is 23.2 Å². The molecule has 126 valence electrons. The van der Waals surface area contributed by atoms with E-state index in [0.29, 0.717) is 11.3 Å². The summed E-state index contributed by atoms with van der Waals surface area (Å²) in [4.78, 5) is 24.1. The predicted molar refractivity (Wildman–Crippen MR) is 93.9 cm³/mol. The van der Waals surface area contributed by atoms with E-state index in [1.165, 1.54) is 24.5 Å². The summed E-state index contributed by atoms with van der Waals surface area (Å²) in [6, 6.07) is 14.7. The molecule has 1 aromatic heterocycles. The Kier molecular flexibility index (Phi) is 4.52. The first-order valence-corrected chi connectivity index (χ1v) is 7.59. The number of anilines is 2. The van der Waals surface area contributed by atoms with Gasteiger partial charge >= 0.3 is 0 Å². The van der Waals surface area contributed by atoms with E-state index in [1.807, 2.05) is 13.0 Å². The van der Waals surface area contributed by atoms with Gasteiger partial charge in [-0.25, -0.2) is 0 Å². The van der Waals surface area contributed by atoms with Crippen molar-refractivity contribution in [2.75, 3.05) is 10.6 Å². The number of amides is 2. The molecule has 0 unspecified atom stereocenters. The molecule has 0 bridgehead atoms. The van der Waals surface area contributed by atoms with E-state index in [9.17, 15) is 14.7 Å². The van der Waals surface area contributed by atoms with Crippen molar-refractivity contribution in [1.82, 2.24) is 0 Å². The van der Waals surface area contributed by atoms with Crippen LogP contribution in [0.2, 0.25) is 0 Å². The van der Waals surface area contributed by atoms with Gasteiger partial charge in [0, 0.05) is 17.3 Å². The molecule has 0 aliphatic rings. The number of aryl methyl sites for hydroxylation is 1. The zero-order valence-corrected chi connectivity index (χ0v) is 13.4. The summed E-state index contributed by atoms with van der Waals surface area (Å²) in [5.74, 6) is -0.748. The van der Waals surface area contributed by atoms with Crippen molar-refractivity contribution in [2.24, 2.45) is 0 Å². The van der Waals surface area contributed by atoms with Crippen LogP contribution in [-0.4, -0.2) is 16.9 Å². The van der Waals surface area contributed by atoms with E-state index >= 15 is 0 Å². The Morgan fingerprint density at radius 1 is 0.960 bits per heavy atom. The van der Waals surface area contributed by atoms with Crippen LogP contribution in [0.3, 0.4) is 0 Å². The molecule has 0 saturated heterocycles. The van der Waals surface area contributed by atoms with Crippen LogP contribution in [0.4, 0.5) is 11.4 Å². The lowest BCUT2D eigenvalue weighted by atomic mass is 10.1. The zero-order valence-electron chi connectivity index (χ0n) is 13.4. The van der Waals surface area contributed by atoms with E-state index in [0.717, 1.165) is 5.56 Å². The van der Waals surface area contributed by atoms with Gasteiger partial charge in [0.05, 0.1) is 12.0 Å². The van der Waals surface area contributed by atoms with Crippen molar-refractivity contribution in [2.45, 2.75) is 6.92 Å². The second kappa shape index (κ2) is 6.92. The lowest BCUT2D eigenvalue weighted by molar-refractivity contribution is 0.0994. The number of rotatable bonds is 4. The van der Waals surface area contributed by atoms with Gasteiger partial charge in [-0.05, 0) is 43.3 Å². The molecule has 2 aromatic carbocycles. The van der Waals surface area contributed by atoms with Gasteiger partial charge in [0.25, 0.3) is 11.8 Å². The molecule has 1 heterocycles. The summed E-state index contributed by atoms with van der Waals surface area (Å²) in [5, 5.41) is 15.3. The predicted octanol–water partition coefficient (Wildman–Crippen LogP) is 3.80. The monoisotopic (exact) mass is 336 g/mol. The minimum atomic E-state index is -0.430. The maximum atomic E-state index is 12.2. The Hall–Kier alpha value is -3.54. The van der Waals surface area contributed by atoms with Crippen LogP contribution in [0.1, 0.15) is 26.5 Å². The first-order chi connectivity index (χ1) is 12.0. The van der Waals surface area contributed by atoms with Gasteiger partial charge in [-0.3, -0.25) is 9.59 Å². The van der Waals surface area contributed by atoms with Crippen LogP contribution in [-0.2, 0) is 0 Å². The maximum Gasteiger partial charge on any atom is 0.291 e. The largest absolute Gasteiger partial charge is 0.506 e. The average molecular weight is 336 g/mol. The summed E-state index contributed by atoms with van der Waals surface area (Å²) < 4.78 is 5.00. The molecule has 0 fully saturated rings. The number of aromatic hydroxyl groups is 1. The quantitative estimate of drug-likeness (QED) is 0.632. The van der Waals surface area contributed by atoms with Crippen molar-refractivity contribution in [1.29, 1.82) is 0 Å². The molecule has 6 heteroatoms. The van der Waals surface area contributed by atoms with E-state index in [-0.39, 0.29) is 23.1 Å². The molecular weight excluding hydrogens is 320 g/mol. The normalized spacial score (nSPS) is 10.3. The minimum absolute atomic E-state index is 0.154. The molecular formula is C19H16N2O4. The van der Waals surface area contributed by atoms with Gasteiger partial charge in [-0.2, -0.15) is 0 Å². The molecule has 0 aliphatic heterocycles. The molecule has 0 radical (unpaired) electrons. The Bertz CT molecular complexity index is 917. The molecule has 3 aromatic rings. The highest BCUT2D eigenvalue weighted by Crippen LogP contribution is 2.27. The van der Waals surface area contributed by atoms with Crippen LogP contribution in [0, 0.1) is 6.92 Å². The number of phenolic OH excluding ortho intramolecular Hbond substituents is 1. The van der Waals surface area contributed by atoms with Crippen molar-refractivity contribution in [3.8, 4) is 5.75 Å². The molecule has 0 saturated carbocycles. The van der Waals surface area contributed by atoms with Crippen LogP contribution in [0.5, 0.6) is 5.75 Å². The molecule has 0 aliphatic carbocycles. The molecule has 6 nitrogen and oxygen atoms in total. The third kappa shape index (κ3) is 3.87. The third-order valence-electron chi connectivity index (χ3n) is 3.53. The highest BCUT2D eigenvalue weighted by Gasteiger charge is 2.12. The van der Waals surface area contributed by atoms with Crippen LogP contribution >= 0.6 is 0 Å². The Morgan fingerprint density at radius 2 is 1.80 bits per heavy atom. The first-order valence-electron chi connectivity index (χ1n) is 7.59. The summed E-state index contributed by atoms with van der Waals surface area (Å²) in [6.45, 7) is 1.89. The van der Waals surface area contributed by atoms with Crippen molar-refractivity contribution in [3.63, 3.8) is 0 Å². The fraction of sp³-hybridized carbons (Fsp3) is 0.0526. The highest BCUT2D eigenvalue weighted by atomic mass is 16.3. The number of nitrogens with one attached hydrogen (secondary N) is 2. The highest BCUT2D eigenvalue weighted by molar-refractivity contribution is 6.06.